The van der Waals surface area contributed by atoms with E-state index in [1.807, 2.05) is 16.5 Å². The standard InChI is InChI=1S/C15H27NOS/c1-7-8-9-10-14-15(18-11(2)3)12(4)13(5)16(14)17-6/h11H,7-10H2,1-6H3. The Labute approximate surface area is 116 Å². The molecular weight excluding hydrogens is 242 g/mol. The molecule has 0 radical (unpaired) electrons. The topological polar surface area (TPSA) is 14.2 Å². The smallest absolute Gasteiger partial charge is 0.104 e. The molecule has 1 aromatic rings. The summed E-state index contributed by atoms with van der Waals surface area (Å²) in [7, 11) is 1.76. The van der Waals surface area contributed by atoms with E-state index in [4.69, 9.17) is 4.84 Å². The quantitative estimate of drug-likeness (QED) is 0.538. The highest BCUT2D eigenvalue weighted by Gasteiger charge is 2.19. The fraction of sp³-hybridized carbons (Fsp3) is 0.733. The van der Waals surface area contributed by atoms with Crippen molar-refractivity contribution in [3.8, 4) is 0 Å². The molecule has 1 aromatic heterocycles. The third-order valence-corrected chi connectivity index (χ3v) is 4.50. The van der Waals surface area contributed by atoms with Gasteiger partial charge in [-0.25, -0.2) is 0 Å². The monoisotopic (exact) mass is 269 g/mol. The lowest BCUT2D eigenvalue weighted by molar-refractivity contribution is 0.153. The number of hydrogen-bond donors (Lipinski definition) is 0. The summed E-state index contributed by atoms with van der Waals surface area (Å²) in [5.74, 6) is 0. The third kappa shape index (κ3) is 3.47. The van der Waals surface area contributed by atoms with Crippen molar-refractivity contribution < 1.29 is 4.84 Å². The molecule has 0 aliphatic carbocycles. The summed E-state index contributed by atoms with van der Waals surface area (Å²) in [4.78, 5) is 6.98. The number of unbranched alkanes of at least 4 members (excludes halogenated alkanes) is 2. The molecule has 104 valence electrons. The molecule has 0 spiro atoms. The van der Waals surface area contributed by atoms with Gasteiger partial charge in [0.1, 0.15) is 7.11 Å². The first-order valence-electron chi connectivity index (χ1n) is 6.94. The maximum atomic E-state index is 5.55. The first-order valence-corrected chi connectivity index (χ1v) is 7.82. The summed E-state index contributed by atoms with van der Waals surface area (Å²) in [5.41, 5.74) is 3.98. The average molecular weight is 269 g/mol. The lowest BCUT2D eigenvalue weighted by Gasteiger charge is -2.11. The van der Waals surface area contributed by atoms with Crippen LogP contribution in [-0.2, 0) is 6.42 Å². The van der Waals surface area contributed by atoms with E-state index >= 15 is 0 Å². The molecule has 0 fully saturated rings. The summed E-state index contributed by atoms with van der Waals surface area (Å²) in [5, 5.41) is 0.612. The maximum absolute atomic E-state index is 5.55. The van der Waals surface area contributed by atoms with Crippen molar-refractivity contribution in [2.45, 2.75) is 70.4 Å². The number of aromatic nitrogens is 1. The van der Waals surface area contributed by atoms with E-state index in [0.717, 1.165) is 6.42 Å². The van der Waals surface area contributed by atoms with Gasteiger partial charge in [-0.05, 0) is 32.3 Å². The zero-order valence-corrected chi connectivity index (χ0v) is 13.5. The van der Waals surface area contributed by atoms with Gasteiger partial charge < -0.3 is 4.84 Å². The van der Waals surface area contributed by atoms with Crippen LogP contribution in [-0.4, -0.2) is 17.1 Å². The molecule has 0 N–H and O–H groups in total. The fourth-order valence-electron chi connectivity index (χ4n) is 2.22. The van der Waals surface area contributed by atoms with Gasteiger partial charge >= 0.3 is 0 Å². The molecule has 0 saturated carbocycles. The second kappa shape index (κ2) is 7.13. The molecule has 1 rings (SSSR count). The Hall–Kier alpha value is -0.570. The molecule has 0 bridgehead atoms. The van der Waals surface area contributed by atoms with Gasteiger partial charge in [-0.3, -0.25) is 0 Å². The SMILES string of the molecule is CCCCCc1c(SC(C)C)c(C)c(C)n1OC. The van der Waals surface area contributed by atoms with Crippen LogP contribution in [0.1, 0.15) is 57.0 Å². The fourth-order valence-corrected chi connectivity index (χ4v) is 3.34. The Morgan fingerprint density at radius 2 is 1.89 bits per heavy atom. The van der Waals surface area contributed by atoms with Crippen LogP contribution in [0.5, 0.6) is 0 Å². The van der Waals surface area contributed by atoms with Crippen LogP contribution in [0.4, 0.5) is 0 Å². The van der Waals surface area contributed by atoms with Gasteiger partial charge in [0.15, 0.2) is 0 Å². The van der Waals surface area contributed by atoms with Crippen LogP contribution < -0.4 is 4.84 Å². The zero-order chi connectivity index (χ0) is 13.7. The van der Waals surface area contributed by atoms with E-state index in [1.165, 1.54) is 41.1 Å². The minimum Gasteiger partial charge on any atom is -0.417 e. The van der Waals surface area contributed by atoms with Crippen molar-refractivity contribution in [1.29, 1.82) is 0 Å². The lowest BCUT2D eigenvalue weighted by Crippen LogP contribution is -2.12. The molecule has 18 heavy (non-hydrogen) atoms. The van der Waals surface area contributed by atoms with Crippen LogP contribution in [0, 0.1) is 13.8 Å². The Morgan fingerprint density at radius 3 is 2.39 bits per heavy atom. The zero-order valence-electron chi connectivity index (χ0n) is 12.7. The molecule has 0 aliphatic rings. The van der Waals surface area contributed by atoms with Gasteiger partial charge in [0.2, 0.25) is 0 Å². The van der Waals surface area contributed by atoms with Gasteiger partial charge in [-0.1, -0.05) is 33.6 Å². The van der Waals surface area contributed by atoms with Crippen molar-refractivity contribution in [1.82, 2.24) is 4.73 Å². The largest absolute Gasteiger partial charge is 0.417 e. The Bertz CT molecular complexity index is 382. The summed E-state index contributed by atoms with van der Waals surface area (Å²) in [6.07, 6.45) is 4.91. The summed E-state index contributed by atoms with van der Waals surface area (Å²) >= 11 is 1.96. The first kappa shape index (κ1) is 15.5. The number of hydrogen-bond acceptors (Lipinski definition) is 2. The molecule has 0 amide bonds. The highest BCUT2D eigenvalue weighted by molar-refractivity contribution is 8.00. The first-order chi connectivity index (χ1) is 8.52. The van der Waals surface area contributed by atoms with Gasteiger partial charge in [0, 0.05) is 10.1 Å². The Kier molecular flexibility index (Phi) is 6.13. The Morgan fingerprint density at radius 1 is 1.22 bits per heavy atom. The van der Waals surface area contributed by atoms with Gasteiger partial charge in [-0.2, -0.15) is 4.73 Å². The minimum absolute atomic E-state index is 0.612. The molecule has 0 aromatic carbocycles. The van der Waals surface area contributed by atoms with Gasteiger partial charge in [-0.15, -0.1) is 11.8 Å². The summed E-state index contributed by atoms with van der Waals surface area (Å²) in [6.45, 7) is 11.1. The van der Waals surface area contributed by atoms with E-state index < -0.39 is 0 Å². The predicted molar refractivity (Wildman–Crippen MR) is 80.6 cm³/mol. The molecule has 0 atom stereocenters. The van der Waals surface area contributed by atoms with E-state index in [0.29, 0.717) is 5.25 Å². The van der Waals surface area contributed by atoms with E-state index in [2.05, 4.69) is 34.6 Å². The van der Waals surface area contributed by atoms with Crippen molar-refractivity contribution in [3.63, 3.8) is 0 Å². The molecule has 0 unspecified atom stereocenters. The van der Waals surface area contributed by atoms with Gasteiger partial charge in [0.25, 0.3) is 0 Å². The van der Waals surface area contributed by atoms with Gasteiger partial charge in [0.05, 0.1) is 11.4 Å². The number of nitrogens with zero attached hydrogens (tertiary/aromatic N) is 1. The van der Waals surface area contributed by atoms with Crippen LogP contribution >= 0.6 is 11.8 Å². The van der Waals surface area contributed by atoms with Crippen molar-refractivity contribution in [3.05, 3.63) is 17.0 Å². The van der Waals surface area contributed by atoms with Crippen LogP contribution in [0.25, 0.3) is 0 Å². The minimum atomic E-state index is 0.612. The summed E-state index contributed by atoms with van der Waals surface area (Å²) < 4.78 is 2.02. The average Bonchev–Trinajstić information content (AvgIpc) is 2.54. The van der Waals surface area contributed by atoms with E-state index in [1.54, 1.807) is 7.11 Å². The van der Waals surface area contributed by atoms with E-state index in [9.17, 15) is 0 Å². The highest BCUT2D eigenvalue weighted by atomic mass is 32.2. The van der Waals surface area contributed by atoms with Crippen LogP contribution in [0.15, 0.2) is 4.90 Å². The Balaban J connectivity index is 3.04. The predicted octanol–water partition coefficient (Wildman–Crippen LogP) is 4.40. The lowest BCUT2D eigenvalue weighted by atomic mass is 10.1. The highest BCUT2D eigenvalue weighted by Crippen LogP contribution is 2.34. The molecular formula is C15H27NOS. The normalized spacial score (nSPS) is 11.3. The van der Waals surface area contributed by atoms with Crippen molar-refractivity contribution >= 4 is 11.8 Å². The van der Waals surface area contributed by atoms with E-state index in [-0.39, 0.29) is 0 Å². The van der Waals surface area contributed by atoms with Crippen molar-refractivity contribution in [2.75, 3.05) is 7.11 Å². The number of rotatable bonds is 7. The molecule has 1 heterocycles. The molecule has 2 nitrogen and oxygen atoms in total. The van der Waals surface area contributed by atoms with Crippen LogP contribution in [0.3, 0.4) is 0 Å². The maximum Gasteiger partial charge on any atom is 0.104 e. The third-order valence-electron chi connectivity index (χ3n) is 3.25. The second-order valence-electron chi connectivity index (χ2n) is 5.09. The second-order valence-corrected chi connectivity index (χ2v) is 6.67. The molecule has 0 aliphatic heterocycles. The van der Waals surface area contributed by atoms with Crippen LogP contribution in [0.2, 0.25) is 0 Å². The number of thioether (sulfide) groups is 1. The molecule has 0 saturated heterocycles. The summed E-state index contributed by atoms with van der Waals surface area (Å²) in [6, 6.07) is 0. The van der Waals surface area contributed by atoms with Crippen molar-refractivity contribution in [2.24, 2.45) is 0 Å². The molecule has 3 heteroatoms.